The Morgan fingerprint density at radius 2 is 1.96 bits per heavy atom. The smallest absolute Gasteiger partial charge is 0.222 e. The Morgan fingerprint density at radius 3 is 2.64 bits per heavy atom. The van der Waals surface area contributed by atoms with Gasteiger partial charge in [0.05, 0.1) is 0 Å². The van der Waals surface area contributed by atoms with Crippen LogP contribution in [-0.2, 0) is 17.8 Å². The molecule has 0 saturated carbocycles. The van der Waals surface area contributed by atoms with Gasteiger partial charge in [-0.3, -0.25) is 9.48 Å². The molecule has 0 spiro atoms. The summed E-state index contributed by atoms with van der Waals surface area (Å²) in [6, 6.07) is 6.79. The van der Waals surface area contributed by atoms with Crippen LogP contribution >= 0.6 is 0 Å². The van der Waals surface area contributed by atoms with Gasteiger partial charge >= 0.3 is 0 Å². The van der Waals surface area contributed by atoms with E-state index in [0.717, 1.165) is 58.4 Å². The molecular weight excluding hydrogens is 357 g/mol. The van der Waals surface area contributed by atoms with Crippen LogP contribution in [0.1, 0.15) is 31.2 Å². The lowest BCUT2D eigenvalue weighted by Crippen LogP contribution is -2.40. The average Bonchev–Trinajstić information content (AvgIpc) is 3.22. The molecule has 152 valence electrons. The van der Waals surface area contributed by atoms with Crippen molar-refractivity contribution < 1.29 is 9.18 Å². The number of halogens is 1. The Hall–Kier alpha value is -2.28. The first-order valence-corrected chi connectivity index (χ1v) is 10.1. The number of aryl methyl sites for hydroxylation is 1. The number of carbonyl (C=O) groups is 1. The van der Waals surface area contributed by atoms with Gasteiger partial charge in [0.15, 0.2) is 0 Å². The molecule has 3 rings (SSSR count). The van der Waals surface area contributed by atoms with Crippen LogP contribution in [0.3, 0.4) is 0 Å². The van der Waals surface area contributed by atoms with Crippen LogP contribution in [0, 0.1) is 11.7 Å². The molecule has 1 aromatic carbocycles. The lowest BCUT2D eigenvalue weighted by atomic mass is 9.96. The van der Waals surface area contributed by atoms with Crippen molar-refractivity contribution in [2.24, 2.45) is 5.92 Å². The summed E-state index contributed by atoms with van der Waals surface area (Å²) in [5.74, 6) is 0.604. The summed E-state index contributed by atoms with van der Waals surface area (Å²) in [5, 5.41) is 4.06. The van der Waals surface area contributed by atoms with Crippen molar-refractivity contribution in [1.29, 1.82) is 0 Å². The second kappa shape index (κ2) is 10.3. The van der Waals surface area contributed by atoms with Crippen LogP contribution in [0.25, 0.3) is 0 Å². The standard InChI is InChI=1S/C21H30FN5O/c1-25(21(28)3-2-11-27-17-23-16-24-27)15-19-9-13-26(14-10-19)12-8-18-4-6-20(22)7-5-18/h4-7,16-17,19H,2-3,8-15H2,1H3. The van der Waals surface area contributed by atoms with Gasteiger partial charge in [0, 0.05) is 33.1 Å². The molecule has 0 N–H and O–H groups in total. The van der Waals surface area contributed by atoms with Crippen molar-refractivity contribution in [1.82, 2.24) is 24.6 Å². The van der Waals surface area contributed by atoms with Gasteiger partial charge in [0.25, 0.3) is 0 Å². The van der Waals surface area contributed by atoms with Crippen molar-refractivity contribution >= 4 is 5.91 Å². The molecule has 0 bridgehead atoms. The number of hydrogen-bond acceptors (Lipinski definition) is 4. The zero-order valence-corrected chi connectivity index (χ0v) is 16.6. The fourth-order valence-corrected chi connectivity index (χ4v) is 3.75. The molecule has 7 heteroatoms. The van der Waals surface area contributed by atoms with Gasteiger partial charge < -0.3 is 9.80 Å². The Balaban J connectivity index is 1.30. The third kappa shape index (κ3) is 6.41. The predicted molar refractivity (Wildman–Crippen MR) is 106 cm³/mol. The highest BCUT2D eigenvalue weighted by Crippen LogP contribution is 2.19. The van der Waals surface area contributed by atoms with E-state index in [0.29, 0.717) is 12.3 Å². The molecule has 1 aliphatic heterocycles. The van der Waals surface area contributed by atoms with Gasteiger partial charge in [-0.15, -0.1) is 0 Å². The molecule has 28 heavy (non-hydrogen) atoms. The first kappa shape index (κ1) is 20.5. The topological polar surface area (TPSA) is 54.3 Å². The Labute approximate surface area is 166 Å². The normalized spacial score (nSPS) is 15.6. The summed E-state index contributed by atoms with van der Waals surface area (Å²) >= 11 is 0. The summed E-state index contributed by atoms with van der Waals surface area (Å²) in [6.45, 7) is 4.72. The van der Waals surface area contributed by atoms with Crippen molar-refractivity contribution in [3.05, 3.63) is 48.3 Å². The zero-order chi connectivity index (χ0) is 19.8. The average molecular weight is 388 g/mol. The first-order chi connectivity index (χ1) is 13.6. The highest BCUT2D eigenvalue weighted by Gasteiger charge is 2.21. The number of amides is 1. The van der Waals surface area contributed by atoms with E-state index in [1.165, 1.54) is 24.0 Å². The van der Waals surface area contributed by atoms with Gasteiger partial charge in [0.2, 0.25) is 5.91 Å². The van der Waals surface area contributed by atoms with Crippen molar-refractivity contribution in [2.75, 3.05) is 33.2 Å². The summed E-state index contributed by atoms with van der Waals surface area (Å²) in [7, 11) is 1.92. The molecule has 2 heterocycles. The number of nitrogens with zero attached hydrogens (tertiary/aromatic N) is 5. The molecule has 1 amide bonds. The van der Waals surface area contributed by atoms with Crippen LogP contribution in [0.4, 0.5) is 4.39 Å². The van der Waals surface area contributed by atoms with E-state index in [4.69, 9.17) is 0 Å². The van der Waals surface area contributed by atoms with Crippen molar-refractivity contribution in [3.8, 4) is 0 Å². The minimum atomic E-state index is -0.179. The fourth-order valence-electron chi connectivity index (χ4n) is 3.75. The number of rotatable bonds is 9. The minimum absolute atomic E-state index is 0.179. The van der Waals surface area contributed by atoms with Gasteiger partial charge in [-0.1, -0.05) is 12.1 Å². The molecule has 0 aliphatic carbocycles. The van der Waals surface area contributed by atoms with E-state index in [-0.39, 0.29) is 11.7 Å². The van der Waals surface area contributed by atoms with Crippen LogP contribution in [0.15, 0.2) is 36.9 Å². The van der Waals surface area contributed by atoms with E-state index in [1.807, 2.05) is 24.1 Å². The zero-order valence-electron chi connectivity index (χ0n) is 16.6. The largest absolute Gasteiger partial charge is 0.345 e. The van der Waals surface area contributed by atoms with Gasteiger partial charge in [-0.25, -0.2) is 9.37 Å². The molecule has 1 fully saturated rings. The maximum Gasteiger partial charge on any atom is 0.222 e. The Bertz CT molecular complexity index is 711. The number of benzene rings is 1. The van der Waals surface area contributed by atoms with E-state index in [9.17, 15) is 9.18 Å². The van der Waals surface area contributed by atoms with Crippen LogP contribution in [0.5, 0.6) is 0 Å². The van der Waals surface area contributed by atoms with Crippen LogP contribution in [-0.4, -0.2) is 63.7 Å². The number of aromatic nitrogens is 3. The van der Waals surface area contributed by atoms with Crippen molar-refractivity contribution in [2.45, 2.75) is 38.6 Å². The quantitative estimate of drug-likeness (QED) is 0.664. The van der Waals surface area contributed by atoms with E-state index >= 15 is 0 Å². The lowest BCUT2D eigenvalue weighted by molar-refractivity contribution is -0.130. The number of likely N-dealkylation sites (tertiary alicyclic amines) is 1. The van der Waals surface area contributed by atoms with E-state index in [2.05, 4.69) is 15.0 Å². The van der Waals surface area contributed by atoms with Crippen LogP contribution < -0.4 is 0 Å². The third-order valence-corrected chi connectivity index (χ3v) is 5.54. The molecule has 1 aromatic heterocycles. The monoisotopic (exact) mass is 387 g/mol. The molecule has 0 unspecified atom stereocenters. The molecule has 2 aromatic rings. The summed E-state index contributed by atoms with van der Waals surface area (Å²) in [4.78, 5) is 20.6. The fraction of sp³-hybridized carbons (Fsp3) is 0.571. The Kier molecular flexibility index (Phi) is 7.54. The molecule has 6 nitrogen and oxygen atoms in total. The SMILES string of the molecule is CN(CC1CCN(CCc2ccc(F)cc2)CC1)C(=O)CCCn1cncn1. The van der Waals surface area contributed by atoms with E-state index < -0.39 is 0 Å². The van der Waals surface area contributed by atoms with E-state index in [1.54, 1.807) is 11.0 Å². The second-order valence-corrected chi connectivity index (χ2v) is 7.70. The molecular formula is C21H30FN5O. The summed E-state index contributed by atoms with van der Waals surface area (Å²) < 4.78 is 14.7. The summed E-state index contributed by atoms with van der Waals surface area (Å²) in [6.07, 6.45) is 7.73. The first-order valence-electron chi connectivity index (χ1n) is 10.1. The summed E-state index contributed by atoms with van der Waals surface area (Å²) in [5.41, 5.74) is 1.18. The molecule has 1 aliphatic rings. The van der Waals surface area contributed by atoms with Gasteiger partial charge in [-0.2, -0.15) is 5.10 Å². The highest BCUT2D eigenvalue weighted by molar-refractivity contribution is 5.75. The third-order valence-electron chi connectivity index (χ3n) is 5.54. The van der Waals surface area contributed by atoms with Crippen LogP contribution in [0.2, 0.25) is 0 Å². The lowest BCUT2D eigenvalue weighted by Gasteiger charge is -2.34. The number of carbonyl (C=O) groups excluding carboxylic acids is 1. The number of hydrogen-bond donors (Lipinski definition) is 0. The number of piperidine rings is 1. The Morgan fingerprint density at radius 1 is 1.21 bits per heavy atom. The molecule has 0 radical (unpaired) electrons. The molecule has 1 saturated heterocycles. The predicted octanol–water partition coefficient (Wildman–Crippen LogP) is 2.61. The highest BCUT2D eigenvalue weighted by atomic mass is 19.1. The van der Waals surface area contributed by atoms with Gasteiger partial charge in [-0.05, 0) is 62.4 Å². The van der Waals surface area contributed by atoms with Gasteiger partial charge in [0.1, 0.15) is 18.5 Å². The second-order valence-electron chi connectivity index (χ2n) is 7.70. The molecule has 0 atom stereocenters. The maximum atomic E-state index is 13.0. The minimum Gasteiger partial charge on any atom is -0.345 e. The van der Waals surface area contributed by atoms with Crippen molar-refractivity contribution in [3.63, 3.8) is 0 Å². The maximum absolute atomic E-state index is 13.0.